The van der Waals surface area contributed by atoms with Crippen molar-refractivity contribution < 1.29 is 17.9 Å². The van der Waals surface area contributed by atoms with Crippen LogP contribution >= 0.6 is 11.6 Å². The Kier molecular flexibility index (Phi) is 7.40. The molecule has 0 saturated carbocycles. The minimum Gasteiger partial charge on any atom is -0.461 e. The Hall–Kier alpha value is -2.36. The predicted octanol–water partition coefficient (Wildman–Crippen LogP) is 5.94. The normalized spacial score (nSPS) is 24.6. The van der Waals surface area contributed by atoms with Crippen molar-refractivity contribution in [3.63, 3.8) is 0 Å². The number of rotatable bonds is 4. The van der Waals surface area contributed by atoms with Crippen LogP contribution < -0.4 is 15.4 Å². The third-order valence-corrected chi connectivity index (χ3v) is 8.59. The average Bonchev–Trinajstić information content (AvgIpc) is 3.42. The number of hydrogen-bond donors (Lipinski definition) is 2. The van der Waals surface area contributed by atoms with Crippen molar-refractivity contribution in [1.82, 2.24) is 20.2 Å². The van der Waals surface area contributed by atoms with Crippen LogP contribution in [-0.2, 0) is 0 Å². The molecule has 2 fully saturated rings. The quantitative estimate of drug-likeness (QED) is 0.505. The lowest BCUT2D eigenvalue weighted by Gasteiger charge is -2.30. The van der Waals surface area contributed by atoms with E-state index in [-0.39, 0.29) is 36.7 Å². The minimum atomic E-state index is -1.61. The number of allylic oxidation sites excluding steroid dienone is 1. The summed E-state index contributed by atoms with van der Waals surface area (Å²) in [5.74, 6) is 0.261. The maximum atomic E-state index is 15.6. The lowest BCUT2D eigenvalue weighted by atomic mass is 9.90. The van der Waals surface area contributed by atoms with Crippen LogP contribution in [0, 0.1) is 18.7 Å². The second-order valence-corrected chi connectivity index (χ2v) is 10.9. The highest BCUT2D eigenvalue weighted by atomic mass is 35.5. The maximum absolute atomic E-state index is 15.6. The van der Waals surface area contributed by atoms with E-state index in [1.54, 1.807) is 6.92 Å². The first kappa shape index (κ1) is 26.3. The molecule has 37 heavy (non-hydrogen) atoms. The number of aromatic nitrogens is 2. The molecule has 3 aliphatic heterocycles. The molecule has 4 heterocycles. The Bertz CT molecular complexity index is 1260. The fourth-order valence-corrected chi connectivity index (χ4v) is 6.29. The summed E-state index contributed by atoms with van der Waals surface area (Å²) in [6.45, 7) is 11.3. The van der Waals surface area contributed by atoms with Gasteiger partial charge in [-0.05, 0) is 57.2 Å². The van der Waals surface area contributed by atoms with Crippen molar-refractivity contribution >= 4 is 33.9 Å². The Balaban J connectivity index is 1.56. The summed E-state index contributed by atoms with van der Waals surface area (Å²) in [6, 6.07) is 0.0147. The molecule has 6 nitrogen and oxygen atoms in total. The lowest BCUT2D eigenvalue weighted by Crippen LogP contribution is -2.43. The van der Waals surface area contributed by atoms with Gasteiger partial charge >= 0.3 is 6.01 Å². The molecule has 0 amide bonds. The number of fused-ring (bicyclic) bond motifs is 1. The first-order valence-corrected chi connectivity index (χ1v) is 13.3. The van der Waals surface area contributed by atoms with E-state index in [0.29, 0.717) is 52.8 Å². The van der Waals surface area contributed by atoms with Gasteiger partial charge in [0.25, 0.3) is 6.08 Å². The van der Waals surface area contributed by atoms with E-state index in [9.17, 15) is 8.78 Å². The van der Waals surface area contributed by atoms with Crippen LogP contribution in [0.2, 0.25) is 5.02 Å². The first-order chi connectivity index (χ1) is 17.7. The van der Waals surface area contributed by atoms with Crippen LogP contribution in [0.1, 0.15) is 50.2 Å². The highest BCUT2D eigenvalue weighted by Gasteiger charge is 2.48. The molecule has 5 rings (SSSR count). The summed E-state index contributed by atoms with van der Waals surface area (Å²) in [5.41, 5.74) is 1.53. The van der Waals surface area contributed by atoms with E-state index >= 15 is 4.39 Å². The molecule has 2 saturated heterocycles. The van der Waals surface area contributed by atoms with Crippen molar-refractivity contribution in [2.24, 2.45) is 5.92 Å². The third-order valence-electron chi connectivity index (χ3n) is 8.12. The van der Waals surface area contributed by atoms with Gasteiger partial charge in [0, 0.05) is 36.3 Å². The molecule has 0 aliphatic carbocycles. The Morgan fingerprint density at radius 3 is 2.86 bits per heavy atom. The van der Waals surface area contributed by atoms with Gasteiger partial charge in [-0.25, -0.2) is 4.39 Å². The number of nitrogens with one attached hydrogen (secondary N) is 2. The van der Waals surface area contributed by atoms with Crippen LogP contribution in [0.5, 0.6) is 6.01 Å². The minimum absolute atomic E-state index is 0.0147. The topological polar surface area (TPSA) is 62.3 Å². The SMILES string of the molecule is C=C1C[C@@H](CC)CNCCNc2nc(OCC34CCCN3CC(=C(F)F)C4)nc3c(F)c(C)c(Cl)c1c23. The number of halogens is 4. The van der Waals surface area contributed by atoms with Crippen molar-refractivity contribution in [2.45, 2.75) is 51.5 Å². The summed E-state index contributed by atoms with van der Waals surface area (Å²) in [4.78, 5) is 11.2. The van der Waals surface area contributed by atoms with Gasteiger partial charge in [0.05, 0.1) is 15.9 Å². The lowest BCUT2D eigenvalue weighted by molar-refractivity contribution is 0.108. The highest BCUT2D eigenvalue weighted by Crippen LogP contribution is 2.44. The molecule has 10 heteroatoms. The third kappa shape index (κ3) is 4.81. The number of nitrogens with zero attached hydrogens (tertiary/aromatic N) is 3. The van der Waals surface area contributed by atoms with Crippen molar-refractivity contribution in [2.75, 3.05) is 44.6 Å². The molecular formula is C27H33ClF3N5O. The van der Waals surface area contributed by atoms with Gasteiger partial charge in [-0.15, -0.1) is 0 Å². The smallest absolute Gasteiger partial charge is 0.319 e. The van der Waals surface area contributed by atoms with Crippen LogP contribution in [0.3, 0.4) is 0 Å². The zero-order valence-corrected chi connectivity index (χ0v) is 22.1. The van der Waals surface area contributed by atoms with Crippen LogP contribution in [-0.4, -0.2) is 59.7 Å². The van der Waals surface area contributed by atoms with Gasteiger partial charge in [-0.3, -0.25) is 4.90 Å². The predicted molar refractivity (Wildman–Crippen MR) is 141 cm³/mol. The van der Waals surface area contributed by atoms with E-state index < -0.39 is 17.4 Å². The first-order valence-electron chi connectivity index (χ1n) is 13.0. The zero-order valence-electron chi connectivity index (χ0n) is 21.3. The second kappa shape index (κ2) is 10.4. The molecule has 2 N–H and O–H groups in total. The Morgan fingerprint density at radius 2 is 2.11 bits per heavy atom. The standard InChI is InChI=1S/C27H33ClF3N5O/c1-4-17-10-15(2)19-20-23(22(29)16(3)21(19)28)34-26(35-25(20)33-8-7-32-12-17)37-14-27-6-5-9-36(27)13-18(11-27)24(30)31/h17,32H,2,4-14H2,1,3H3,(H,33,34,35)/t17-,27?/m1/s1. The van der Waals surface area contributed by atoms with E-state index in [0.717, 1.165) is 37.9 Å². The van der Waals surface area contributed by atoms with Gasteiger partial charge in [-0.2, -0.15) is 18.7 Å². The monoisotopic (exact) mass is 535 g/mol. The van der Waals surface area contributed by atoms with Gasteiger partial charge in [0.1, 0.15) is 17.9 Å². The molecule has 2 aromatic rings. The summed E-state index contributed by atoms with van der Waals surface area (Å²) in [6.07, 6.45) is 1.99. The molecule has 0 spiro atoms. The average molecular weight is 536 g/mol. The van der Waals surface area contributed by atoms with E-state index in [1.165, 1.54) is 0 Å². The summed E-state index contributed by atoms with van der Waals surface area (Å²) >= 11 is 6.71. The molecule has 0 bridgehead atoms. The molecule has 0 radical (unpaired) electrons. The van der Waals surface area contributed by atoms with Gasteiger partial charge in [0.15, 0.2) is 5.82 Å². The van der Waals surface area contributed by atoms with E-state index in [2.05, 4.69) is 39.0 Å². The van der Waals surface area contributed by atoms with Gasteiger partial charge in [0.2, 0.25) is 0 Å². The van der Waals surface area contributed by atoms with Crippen molar-refractivity contribution in [1.29, 1.82) is 0 Å². The second-order valence-electron chi connectivity index (χ2n) is 10.5. The van der Waals surface area contributed by atoms with Gasteiger partial charge in [-0.1, -0.05) is 31.5 Å². The molecular weight excluding hydrogens is 503 g/mol. The van der Waals surface area contributed by atoms with Crippen LogP contribution in [0.15, 0.2) is 18.2 Å². The molecule has 200 valence electrons. The Morgan fingerprint density at radius 1 is 1.30 bits per heavy atom. The zero-order chi connectivity index (χ0) is 26.3. The number of benzene rings is 1. The number of ether oxygens (including phenoxy) is 1. The van der Waals surface area contributed by atoms with Crippen LogP contribution in [0.4, 0.5) is 19.0 Å². The fraction of sp³-hybridized carbons (Fsp3) is 0.556. The fourth-order valence-electron chi connectivity index (χ4n) is 5.98. The van der Waals surface area contributed by atoms with E-state index in [4.69, 9.17) is 16.3 Å². The summed E-state index contributed by atoms with van der Waals surface area (Å²) < 4.78 is 48.4. The molecule has 1 aromatic heterocycles. The highest BCUT2D eigenvalue weighted by molar-refractivity contribution is 6.34. The number of hydrogen-bond acceptors (Lipinski definition) is 6. The number of anilines is 1. The molecule has 2 atom stereocenters. The Labute approximate surface area is 220 Å². The molecule has 1 unspecified atom stereocenters. The van der Waals surface area contributed by atoms with Crippen molar-refractivity contribution in [3.05, 3.63) is 40.2 Å². The molecule has 3 aliphatic rings. The van der Waals surface area contributed by atoms with E-state index in [1.807, 2.05) is 0 Å². The summed E-state index contributed by atoms with van der Waals surface area (Å²) in [5, 5.41) is 7.58. The summed E-state index contributed by atoms with van der Waals surface area (Å²) in [7, 11) is 0. The van der Waals surface area contributed by atoms with Crippen LogP contribution in [0.25, 0.3) is 16.5 Å². The maximum Gasteiger partial charge on any atom is 0.319 e. The molecule has 1 aromatic carbocycles. The largest absolute Gasteiger partial charge is 0.461 e. The van der Waals surface area contributed by atoms with Crippen molar-refractivity contribution in [3.8, 4) is 6.01 Å². The van der Waals surface area contributed by atoms with Gasteiger partial charge < -0.3 is 15.4 Å².